The number of hydrogen-bond donors (Lipinski definition) is 2. The molecule has 7 nitrogen and oxygen atoms in total. The van der Waals surface area contributed by atoms with E-state index < -0.39 is 0 Å². The van der Waals surface area contributed by atoms with Crippen LogP contribution in [0.3, 0.4) is 0 Å². The van der Waals surface area contributed by atoms with E-state index in [0.717, 1.165) is 59.6 Å². The standard InChI is InChI=1S/C36H34N4O3/c1-43-34-14-8-7-13-33(34)40-21-19-39(20-22-40)32-18-17-30(24-31(32)36(42)37-25-26-9-3-2-4-10-26)38-35(41)29-16-15-27-11-5-6-12-28(27)23-29/h2-18,23-24H,19-22,25H2,1H3,(H,37,42)(H,38,41). The normalized spacial score (nSPS) is 13.0. The van der Waals surface area contributed by atoms with E-state index >= 15 is 0 Å². The summed E-state index contributed by atoms with van der Waals surface area (Å²) in [5.41, 5.74) is 4.58. The quantitative estimate of drug-likeness (QED) is 0.227. The third-order valence-electron chi connectivity index (χ3n) is 7.85. The molecule has 1 heterocycles. The Hall–Kier alpha value is -5.30. The molecule has 5 aromatic carbocycles. The van der Waals surface area contributed by atoms with Gasteiger partial charge in [0.25, 0.3) is 11.8 Å². The summed E-state index contributed by atoms with van der Waals surface area (Å²) in [6.07, 6.45) is 0. The van der Waals surface area contributed by atoms with Gasteiger partial charge in [-0.3, -0.25) is 9.59 Å². The van der Waals surface area contributed by atoms with E-state index in [2.05, 4.69) is 26.5 Å². The van der Waals surface area contributed by atoms with E-state index in [0.29, 0.717) is 23.4 Å². The number of benzene rings is 5. The summed E-state index contributed by atoms with van der Waals surface area (Å²) < 4.78 is 5.58. The van der Waals surface area contributed by atoms with Crippen molar-refractivity contribution in [1.29, 1.82) is 0 Å². The fourth-order valence-corrected chi connectivity index (χ4v) is 5.56. The molecule has 2 amide bonds. The number of nitrogens with zero attached hydrogens (tertiary/aromatic N) is 2. The Balaban J connectivity index is 1.23. The monoisotopic (exact) mass is 570 g/mol. The maximum Gasteiger partial charge on any atom is 0.255 e. The van der Waals surface area contributed by atoms with E-state index in [1.54, 1.807) is 13.2 Å². The van der Waals surface area contributed by atoms with Crippen molar-refractivity contribution in [2.75, 3.05) is 48.4 Å². The molecule has 5 aromatic rings. The van der Waals surface area contributed by atoms with Crippen LogP contribution >= 0.6 is 0 Å². The summed E-state index contributed by atoms with van der Waals surface area (Å²) in [4.78, 5) is 31.4. The van der Waals surface area contributed by atoms with Crippen LogP contribution in [-0.4, -0.2) is 45.1 Å². The highest BCUT2D eigenvalue weighted by Crippen LogP contribution is 2.31. The first-order valence-electron chi connectivity index (χ1n) is 14.5. The molecule has 7 heteroatoms. The second kappa shape index (κ2) is 12.7. The Labute approximate surface area is 251 Å². The molecule has 1 aliphatic heterocycles. The molecule has 1 saturated heterocycles. The molecule has 1 aliphatic rings. The lowest BCUT2D eigenvalue weighted by atomic mass is 10.1. The smallest absolute Gasteiger partial charge is 0.255 e. The molecule has 0 aromatic heterocycles. The second-order valence-electron chi connectivity index (χ2n) is 10.6. The van der Waals surface area contributed by atoms with Gasteiger partial charge in [0.2, 0.25) is 0 Å². The number of anilines is 3. The molecule has 0 spiro atoms. The van der Waals surface area contributed by atoms with Gasteiger partial charge in [-0.05, 0) is 58.8 Å². The average molecular weight is 571 g/mol. The second-order valence-corrected chi connectivity index (χ2v) is 10.6. The number of rotatable bonds is 8. The first-order valence-corrected chi connectivity index (χ1v) is 14.5. The highest BCUT2D eigenvalue weighted by Gasteiger charge is 2.24. The van der Waals surface area contributed by atoms with E-state index in [9.17, 15) is 9.59 Å². The van der Waals surface area contributed by atoms with Crippen molar-refractivity contribution in [3.63, 3.8) is 0 Å². The summed E-state index contributed by atoms with van der Waals surface area (Å²) in [5.74, 6) is 0.441. The largest absolute Gasteiger partial charge is 0.495 e. The molecule has 43 heavy (non-hydrogen) atoms. The lowest BCUT2D eigenvalue weighted by Gasteiger charge is -2.38. The number of fused-ring (bicyclic) bond motifs is 1. The number of ether oxygens (including phenoxy) is 1. The highest BCUT2D eigenvalue weighted by atomic mass is 16.5. The van der Waals surface area contributed by atoms with Crippen molar-refractivity contribution < 1.29 is 14.3 Å². The Kier molecular flexibility index (Phi) is 8.22. The van der Waals surface area contributed by atoms with E-state index in [1.807, 2.05) is 103 Å². The SMILES string of the molecule is COc1ccccc1N1CCN(c2ccc(NC(=O)c3ccc4ccccc4c3)cc2C(=O)NCc2ccccc2)CC1. The molecule has 0 saturated carbocycles. The number of carbonyl (C=O) groups excluding carboxylic acids is 2. The van der Waals surface area contributed by atoms with Crippen molar-refractivity contribution in [2.24, 2.45) is 0 Å². The van der Waals surface area contributed by atoms with Gasteiger partial charge in [-0.15, -0.1) is 0 Å². The van der Waals surface area contributed by atoms with Crippen LogP contribution < -0.4 is 25.2 Å². The predicted molar refractivity (Wildman–Crippen MR) is 173 cm³/mol. The molecule has 1 fully saturated rings. The molecule has 6 rings (SSSR count). The molecule has 0 atom stereocenters. The lowest BCUT2D eigenvalue weighted by Crippen LogP contribution is -2.47. The first-order chi connectivity index (χ1) is 21.1. The summed E-state index contributed by atoms with van der Waals surface area (Å²) in [6.45, 7) is 3.45. The van der Waals surface area contributed by atoms with Crippen molar-refractivity contribution in [3.05, 3.63) is 132 Å². The number of methoxy groups -OCH3 is 1. The first kappa shape index (κ1) is 27.8. The van der Waals surface area contributed by atoms with E-state index in [1.165, 1.54) is 0 Å². The number of carbonyl (C=O) groups is 2. The zero-order valence-corrected chi connectivity index (χ0v) is 24.1. The maximum atomic E-state index is 13.6. The van der Waals surface area contributed by atoms with Crippen molar-refractivity contribution in [2.45, 2.75) is 6.54 Å². The van der Waals surface area contributed by atoms with Crippen LogP contribution in [0.4, 0.5) is 17.1 Å². The zero-order chi connectivity index (χ0) is 29.6. The van der Waals surface area contributed by atoms with Crippen LogP contribution in [0.15, 0.2) is 115 Å². The van der Waals surface area contributed by atoms with Gasteiger partial charge in [0.05, 0.1) is 18.4 Å². The Morgan fingerprint density at radius 3 is 2.12 bits per heavy atom. The van der Waals surface area contributed by atoms with Gasteiger partial charge in [0, 0.05) is 49.7 Å². The Morgan fingerprint density at radius 1 is 0.674 bits per heavy atom. The molecule has 216 valence electrons. The van der Waals surface area contributed by atoms with Crippen LogP contribution in [0.25, 0.3) is 10.8 Å². The predicted octanol–water partition coefficient (Wildman–Crippen LogP) is 6.36. The van der Waals surface area contributed by atoms with Gasteiger partial charge in [-0.2, -0.15) is 0 Å². The minimum Gasteiger partial charge on any atom is -0.495 e. The molecule has 0 unspecified atom stereocenters. The molecule has 2 N–H and O–H groups in total. The van der Waals surface area contributed by atoms with Gasteiger partial charge in [0.1, 0.15) is 5.75 Å². The molecular weight excluding hydrogens is 536 g/mol. The van der Waals surface area contributed by atoms with Gasteiger partial charge in [-0.25, -0.2) is 0 Å². The fraction of sp³-hybridized carbons (Fsp3) is 0.167. The van der Waals surface area contributed by atoms with Crippen LogP contribution in [0.5, 0.6) is 5.75 Å². The molecule has 0 radical (unpaired) electrons. The molecule has 0 aliphatic carbocycles. The van der Waals surface area contributed by atoms with Gasteiger partial charge >= 0.3 is 0 Å². The maximum absolute atomic E-state index is 13.6. The van der Waals surface area contributed by atoms with E-state index in [-0.39, 0.29) is 11.8 Å². The topological polar surface area (TPSA) is 73.9 Å². The Morgan fingerprint density at radius 2 is 1.35 bits per heavy atom. The average Bonchev–Trinajstić information content (AvgIpc) is 3.07. The van der Waals surface area contributed by atoms with Gasteiger partial charge < -0.3 is 25.2 Å². The van der Waals surface area contributed by atoms with Crippen molar-refractivity contribution in [3.8, 4) is 5.75 Å². The van der Waals surface area contributed by atoms with Crippen molar-refractivity contribution in [1.82, 2.24) is 5.32 Å². The molecular formula is C36H34N4O3. The summed E-state index contributed by atoms with van der Waals surface area (Å²) in [7, 11) is 1.69. The number of amides is 2. The van der Waals surface area contributed by atoms with Crippen LogP contribution in [-0.2, 0) is 6.54 Å². The van der Waals surface area contributed by atoms with E-state index in [4.69, 9.17) is 4.74 Å². The Bertz CT molecular complexity index is 1750. The number of hydrogen-bond acceptors (Lipinski definition) is 5. The number of nitrogens with one attached hydrogen (secondary N) is 2. The number of para-hydroxylation sites is 2. The third kappa shape index (κ3) is 6.31. The summed E-state index contributed by atoms with van der Waals surface area (Å²) in [6, 6.07) is 37.1. The molecule has 0 bridgehead atoms. The summed E-state index contributed by atoms with van der Waals surface area (Å²) >= 11 is 0. The zero-order valence-electron chi connectivity index (χ0n) is 24.1. The van der Waals surface area contributed by atoms with Crippen LogP contribution in [0.1, 0.15) is 26.3 Å². The summed E-state index contributed by atoms with van der Waals surface area (Å²) in [5, 5.41) is 8.15. The lowest BCUT2D eigenvalue weighted by molar-refractivity contribution is 0.0950. The van der Waals surface area contributed by atoms with Gasteiger partial charge in [0.15, 0.2) is 0 Å². The van der Waals surface area contributed by atoms with Crippen LogP contribution in [0, 0.1) is 0 Å². The van der Waals surface area contributed by atoms with Gasteiger partial charge in [-0.1, -0.05) is 72.8 Å². The third-order valence-corrected chi connectivity index (χ3v) is 7.85. The highest BCUT2D eigenvalue weighted by molar-refractivity contribution is 6.08. The van der Waals surface area contributed by atoms with Crippen molar-refractivity contribution >= 4 is 39.6 Å². The van der Waals surface area contributed by atoms with Crippen LogP contribution in [0.2, 0.25) is 0 Å². The fourth-order valence-electron chi connectivity index (χ4n) is 5.56. The number of piperazine rings is 1. The minimum atomic E-state index is -0.223. The minimum absolute atomic E-state index is 0.187.